The maximum atomic E-state index is 12.0. The Kier molecular flexibility index (Phi) is 4.77. The molecule has 1 aliphatic carbocycles. The number of rotatable bonds is 6. The zero-order valence-electron chi connectivity index (χ0n) is 11.4. The summed E-state index contributed by atoms with van der Waals surface area (Å²) in [7, 11) is 0. The number of carbonyl (C=O) groups excluding carboxylic acids is 2. The number of aromatic amines is 1. The van der Waals surface area contributed by atoms with Crippen molar-refractivity contribution in [1.29, 1.82) is 0 Å². The van der Waals surface area contributed by atoms with Crippen molar-refractivity contribution in [3.8, 4) is 0 Å². The van der Waals surface area contributed by atoms with Crippen LogP contribution < -0.4 is 0 Å². The predicted octanol–water partition coefficient (Wildman–Crippen LogP) is 3.34. The van der Waals surface area contributed by atoms with Gasteiger partial charge in [0.25, 0.3) is 0 Å². The Bertz CT molecular complexity index is 444. The molecule has 0 unspecified atom stereocenters. The third kappa shape index (κ3) is 3.69. The van der Waals surface area contributed by atoms with Crippen LogP contribution in [0.5, 0.6) is 0 Å². The second-order valence-electron chi connectivity index (χ2n) is 5.13. The van der Waals surface area contributed by atoms with Crippen molar-refractivity contribution in [2.75, 3.05) is 6.61 Å². The van der Waals surface area contributed by atoms with E-state index in [1.807, 2.05) is 0 Å². The number of carbonyl (C=O) groups is 2. The van der Waals surface area contributed by atoms with E-state index in [2.05, 4.69) is 4.98 Å². The molecule has 19 heavy (non-hydrogen) atoms. The summed E-state index contributed by atoms with van der Waals surface area (Å²) in [6.45, 7) is 2.09. The fourth-order valence-electron chi connectivity index (χ4n) is 2.66. The molecular formula is C15H21NO3. The molecule has 1 saturated carbocycles. The molecule has 4 heteroatoms. The number of hydrogen-bond donors (Lipinski definition) is 1. The highest BCUT2D eigenvalue weighted by Gasteiger charge is 2.18. The number of H-pyrrole nitrogens is 1. The van der Waals surface area contributed by atoms with Crippen LogP contribution in [0.2, 0.25) is 0 Å². The Hall–Kier alpha value is -1.58. The molecule has 0 atom stereocenters. The Morgan fingerprint density at radius 1 is 1.37 bits per heavy atom. The standard InChI is InChI=1S/C15H21NO3/c1-2-19-15(18)13-9-12(10-16-13)14(17)8-7-11-5-3-4-6-11/h9-11,16H,2-8H2,1H3. The van der Waals surface area contributed by atoms with Crippen LogP contribution in [-0.4, -0.2) is 23.3 Å². The molecule has 1 aliphatic rings. The molecule has 0 spiro atoms. The summed E-state index contributed by atoms with van der Waals surface area (Å²) in [5.41, 5.74) is 0.937. The lowest BCUT2D eigenvalue weighted by Crippen LogP contribution is -2.05. The van der Waals surface area contributed by atoms with E-state index < -0.39 is 5.97 Å². The van der Waals surface area contributed by atoms with Gasteiger partial charge >= 0.3 is 5.97 Å². The minimum atomic E-state index is -0.405. The third-order valence-electron chi connectivity index (χ3n) is 3.75. The fraction of sp³-hybridized carbons (Fsp3) is 0.600. The monoisotopic (exact) mass is 263 g/mol. The van der Waals surface area contributed by atoms with Gasteiger partial charge in [-0.3, -0.25) is 4.79 Å². The number of aromatic nitrogens is 1. The first-order valence-corrected chi connectivity index (χ1v) is 7.09. The molecule has 1 aromatic rings. The van der Waals surface area contributed by atoms with Gasteiger partial charge < -0.3 is 9.72 Å². The Morgan fingerprint density at radius 2 is 2.11 bits per heavy atom. The number of ketones is 1. The molecule has 1 fully saturated rings. The van der Waals surface area contributed by atoms with E-state index >= 15 is 0 Å². The SMILES string of the molecule is CCOC(=O)c1cc(C(=O)CCC2CCCC2)c[nH]1. The van der Waals surface area contributed by atoms with Crippen LogP contribution in [0, 0.1) is 5.92 Å². The van der Waals surface area contributed by atoms with Crippen LogP contribution in [0.3, 0.4) is 0 Å². The molecule has 1 heterocycles. The summed E-state index contributed by atoms with van der Waals surface area (Å²) in [6, 6.07) is 1.59. The van der Waals surface area contributed by atoms with Crippen LogP contribution in [0.15, 0.2) is 12.3 Å². The summed E-state index contributed by atoms with van der Waals surface area (Å²) in [6.07, 6.45) is 8.27. The quantitative estimate of drug-likeness (QED) is 0.632. The van der Waals surface area contributed by atoms with Crippen molar-refractivity contribution in [3.05, 3.63) is 23.5 Å². The first-order chi connectivity index (χ1) is 9.20. The zero-order valence-corrected chi connectivity index (χ0v) is 11.4. The van der Waals surface area contributed by atoms with Gasteiger partial charge in [0, 0.05) is 18.2 Å². The minimum Gasteiger partial charge on any atom is -0.461 e. The lowest BCUT2D eigenvalue weighted by molar-refractivity contribution is 0.0520. The van der Waals surface area contributed by atoms with E-state index in [1.165, 1.54) is 25.7 Å². The third-order valence-corrected chi connectivity index (χ3v) is 3.75. The highest BCUT2D eigenvalue weighted by molar-refractivity contribution is 5.98. The maximum Gasteiger partial charge on any atom is 0.354 e. The molecule has 0 aromatic carbocycles. The molecule has 1 N–H and O–H groups in total. The summed E-state index contributed by atoms with van der Waals surface area (Å²) < 4.78 is 4.88. The average molecular weight is 263 g/mol. The normalized spacial score (nSPS) is 15.6. The summed E-state index contributed by atoms with van der Waals surface area (Å²) in [5.74, 6) is 0.420. The van der Waals surface area contributed by atoms with Gasteiger partial charge in [-0.25, -0.2) is 4.79 Å². The molecule has 0 radical (unpaired) electrons. The molecule has 0 aliphatic heterocycles. The zero-order chi connectivity index (χ0) is 13.7. The van der Waals surface area contributed by atoms with Crippen molar-refractivity contribution in [1.82, 2.24) is 4.98 Å². The van der Waals surface area contributed by atoms with E-state index in [1.54, 1.807) is 19.2 Å². The summed E-state index contributed by atoms with van der Waals surface area (Å²) in [5, 5.41) is 0. The van der Waals surface area contributed by atoms with Crippen molar-refractivity contribution >= 4 is 11.8 Å². The highest BCUT2D eigenvalue weighted by atomic mass is 16.5. The molecule has 4 nitrogen and oxygen atoms in total. The molecule has 1 aromatic heterocycles. The molecule has 0 saturated heterocycles. The van der Waals surface area contributed by atoms with Gasteiger partial charge in [0.1, 0.15) is 5.69 Å². The molecule has 104 valence electrons. The van der Waals surface area contributed by atoms with E-state index in [4.69, 9.17) is 4.74 Å². The van der Waals surface area contributed by atoms with Crippen molar-refractivity contribution in [2.45, 2.75) is 45.4 Å². The first-order valence-electron chi connectivity index (χ1n) is 7.09. The second-order valence-corrected chi connectivity index (χ2v) is 5.13. The van der Waals surface area contributed by atoms with Crippen LogP contribution in [0.25, 0.3) is 0 Å². The van der Waals surface area contributed by atoms with Gasteiger partial charge in [-0.05, 0) is 25.3 Å². The molecular weight excluding hydrogens is 242 g/mol. The number of Topliss-reactive ketones (excluding diaryl/α,β-unsaturated/α-hetero) is 1. The van der Waals surface area contributed by atoms with Crippen molar-refractivity contribution < 1.29 is 14.3 Å². The smallest absolute Gasteiger partial charge is 0.354 e. The molecule has 2 rings (SSSR count). The van der Waals surface area contributed by atoms with Crippen molar-refractivity contribution in [3.63, 3.8) is 0 Å². The van der Waals surface area contributed by atoms with E-state index in [9.17, 15) is 9.59 Å². The van der Waals surface area contributed by atoms with Gasteiger partial charge in [0.2, 0.25) is 0 Å². The van der Waals surface area contributed by atoms with Crippen LogP contribution >= 0.6 is 0 Å². The lowest BCUT2D eigenvalue weighted by Gasteiger charge is -2.06. The minimum absolute atomic E-state index is 0.110. The largest absolute Gasteiger partial charge is 0.461 e. The second kappa shape index (κ2) is 6.55. The van der Waals surface area contributed by atoms with Crippen LogP contribution in [0.4, 0.5) is 0 Å². The van der Waals surface area contributed by atoms with Crippen LogP contribution in [0.1, 0.15) is 66.3 Å². The van der Waals surface area contributed by atoms with Gasteiger partial charge in [-0.2, -0.15) is 0 Å². The van der Waals surface area contributed by atoms with Gasteiger partial charge in [0.05, 0.1) is 6.61 Å². The molecule has 0 amide bonds. The topological polar surface area (TPSA) is 59.2 Å². The number of hydrogen-bond acceptors (Lipinski definition) is 3. The van der Waals surface area contributed by atoms with Gasteiger partial charge in [-0.15, -0.1) is 0 Å². The Morgan fingerprint density at radius 3 is 2.79 bits per heavy atom. The lowest BCUT2D eigenvalue weighted by atomic mass is 9.98. The maximum absolute atomic E-state index is 12.0. The van der Waals surface area contributed by atoms with Gasteiger partial charge in [0.15, 0.2) is 5.78 Å². The summed E-state index contributed by atoms with van der Waals surface area (Å²) >= 11 is 0. The average Bonchev–Trinajstić information content (AvgIpc) is 3.07. The fourth-order valence-corrected chi connectivity index (χ4v) is 2.66. The summed E-state index contributed by atoms with van der Waals surface area (Å²) in [4.78, 5) is 26.3. The van der Waals surface area contributed by atoms with E-state index in [0.29, 0.717) is 30.2 Å². The van der Waals surface area contributed by atoms with E-state index in [-0.39, 0.29) is 5.78 Å². The highest BCUT2D eigenvalue weighted by Crippen LogP contribution is 2.29. The first kappa shape index (κ1) is 13.8. The number of esters is 1. The van der Waals surface area contributed by atoms with Crippen LogP contribution in [-0.2, 0) is 4.74 Å². The predicted molar refractivity (Wildman–Crippen MR) is 72.3 cm³/mol. The Labute approximate surface area is 113 Å². The Balaban J connectivity index is 1.86. The van der Waals surface area contributed by atoms with Crippen molar-refractivity contribution in [2.24, 2.45) is 5.92 Å². The number of nitrogens with one attached hydrogen (secondary N) is 1. The molecule has 0 bridgehead atoms. The van der Waals surface area contributed by atoms with E-state index in [0.717, 1.165) is 6.42 Å². The number of ether oxygens (including phenoxy) is 1. The van der Waals surface area contributed by atoms with Gasteiger partial charge in [-0.1, -0.05) is 25.7 Å².